The van der Waals surface area contributed by atoms with Crippen LogP contribution in [0.3, 0.4) is 0 Å². The Kier molecular flexibility index (Phi) is 3.56. The van der Waals surface area contributed by atoms with Gasteiger partial charge in [-0.1, -0.05) is 66.6 Å². The van der Waals surface area contributed by atoms with Crippen molar-refractivity contribution in [2.45, 2.75) is 34.1 Å². The lowest BCUT2D eigenvalue weighted by Gasteiger charge is -2.35. The van der Waals surface area contributed by atoms with Crippen molar-refractivity contribution in [3.8, 4) is 0 Å². The number of aryl methyl sites for hydroxylation is 1. The molecule has 0 heteroatoms. The minimum atomic E-state index is 0.136. The maximum atomic E-state index is 2.35. The Hall–Kier alpha value is -1.56. The van der Waals surface area contributed by atoms with Crippen LogP contribution in [0.1, 0.15) is 38.3 Å². The Morgan fingerprint density at radius 3 is 2.67 bits per heavy atom. The van der Waals surface area contributed by atoms with E-state index in [4.69, 9.17) is 0 Å². The first-order valence-electron chi connectivity index (χ1n) is 6.65. The quantitative estimate of drug-likeness (QED) is 0.655. The number of allylic oxidation sites excluding steroid dienone is 6. The second kappa shape index (κ2) is 4.97. The van der Waals surface area contributed by atoms with E-state index in [0.29, 0.717) is 0 Å². The summed E-state index contributed by atoms with van der Waals surface area (Å²) in [6.07, 6.45) is 10.0. The van der Waals surface area contributed by atoms with Gasteiger partial charge >= 0.3 is 0 Å². The lowest BCUT2D eigenvalue weighted by molar-refractivity contribution is 0.537. The maximum absolute atomic E-state index is 2.35. The van der Waals surface area contributed by atoms with Crippen LogP contribution >= 0.6 is 0 Å². The number of rotatable bonds is 2. The van der Waals surface area contributed by atoms with Gasteiger partial charge in [-0.25, -0.2) is 0 Å². The first-order valence-corrected chi connectivity index (χ1v) is 6.65. The van der Waals surface area contributed by atoms with Crippen LogP contribution in [0.25, 0.3) is 5.57 Å². The number of benzene rings is 1. The highest BCUT2D eigenvalue weighted by Crippen LogP contribution is 2.45. The van der Waals surface area contributed by atoms with Gasteiger partial charge in [0.25, 0.3) is 0 Å². The molecule has 0 aromatic heterocycles. The maximum Gasteiger partial charge on any atom is 0.0171 e. The van der Waals surface area contributed by atoms with Crippen LogP contribution < -0.4 is 0 Å². The van der Waals surface area contributed by atoms with Gasteiger partial charge in [0.2, 0.25) is 0 Å². The lowest BCUT2D eigenvalue weighted by atomic mass is 9.69. The SMILES string of the molecule is CC=C(c1cccc(C)c1)C1(C)CC=CC=C1C. The summed E-state index contributed by atoms with van der Waals surface area (Å²) in [5, 5.41) is 0. The van der Waals surface area contributed by atoms with Crippen LogP contribution in [0.4, 0.5) is 0 Å². The van der Waals surface area contributed by atoms with Crippen LogP contribution in [-0.2, 0) is 0 Å². The average molecular weight is 238 g/mol. The fourth-order valence-corrected chi connectivity index (χ4v) is 2.80. The van der Waals surface area contributed by atoms with Gasteiger partial charge in [0.15, 0.2) is 0 Å². The van der Waals surface area contributed by atoms with Gasteiger partial charge in [0.1, 0.15) is 0 Å². The van der Waals surface area contributed by atoms with E-state index in [1.807, 2.05) is 0 Å². The van der Waals surface area contributed by atoms with Gasteiger partial charge < -0.3 is 0 Å². The molecule has 18 heavy (non-hydrogen) atoms. The van der Waals surface area contributed by atoms with Crippen LogP contribution in [-0.4, -0.2) is 0 Å². The van der Waals surface area contributed by atoms with Crippen LogP contribution in [0.5, 0.6) is 0 Å². The van der Waals surface area contributed by atoms with E-state index in [1.54, 1.807) is 0 Å². The van der Waals surface area contributed by atoms with E-state index >= 15 is 0 Å². The largest absolute Gasteiger partial charge is 0.0833 e. The van der Waals surface area contributed by atoms with Crippen LogP contribution in [0.2, 0.25) is 0 Å². The fourth-order valence-electron chi connectivity index (χ4n) is 2.80. The minimum Gasteiger partial charge on any atom is -0.0833 e. The van der Waals surface area contributed by atoms with Crippen molar-refractivity contribution in [3.05, 3.63) is 65.3 Å². The predicted octanol–water partition coefficient (Wildman–Crippen LogP) is 5.31. The average Bonchev–Trinajstić information content (AvgIpc) is 2.34. The zero-order chi connectivity index (χ0) is 13.2. The summed E-state index contributed by atoms with van der Waals surface area (Å²) >= 11 is 0. The van der Waals surface area contributed by atoms with Gasteiger partial charge in [0, 0.05) is 5.41 Å². The van der Waals surface area contributed by atoms with E-state index in [-0.39, 0.29) is 5.41 Å². The Bertz CT molecular complexity index is 529. The summed E-state index contributed by atoms with van der Waals surface area (Å²) in [6.45, 7) is 8.89. The van der Waals surface area contributed by atoms with E-state index < -0.39 is 0 Å². The molecule has 0 N–H and O–H groups in total. The molecule has 1 aromatic rings. The van der Waals surface area contributed by atoms with Crippen molar-refractivity contribution < 1.29 is 0 Å². The van der Waals surface area contributed by atoms with Gasteiger partial charge in [-0.3, -0.25) is 0 Å². The molecule has 1 aliphatic rings. The predicted molar refractivity (Wildman–Crippen MR) is 80.5 cm³/mol. The molecule has 0 aliphatic heterocycles. The highest BCUT2D eigenvalue weighted by molar-refractivity contribution is 5.73. The van der Waals surface area contributed by atoms with E-state index in [9.17, 15) is 0 Å². The Balaban J connectivity index is 2.48. The molecule has 0 radical (unpaired) electrons. The Labute approximate surface area is 111 Å². The standard InChI is InChI=1S/C18H22/c1-5-17(16-11-8-9-14(2)13-16)18(4)12-7-6-10-15(18)3/h5-11,13H,12H2,1-4H3. The van der Waals surface area contributed by atoms with Gasteiger partial charge in [-0.2, -0.15) is 0 Å². The monoisotopic (exact) mass is 238 g/mol. The summed E-state index contributed by atoms with van der Waals surface area (Å²) in [4.78, 5) is 0. The van der Waals surface area contributed by atoms with Crippen molar-refractivity contribution in [3.63, 3.8) is 0 Å². The summed E-state index contributed by atoms with van der Waals surface area (Å²) in [5.74, 6) is 0. The molecule has 1 unspecified atom stereocenters. The summed E-state index contributed by atoms with van der Waals surface area (Å²) in [5.41, 5.74) is 5.69. The molecule has 0 heterocycles. The van der Waals surface area contributed by atoms with Gasteiger partial charge in [-0.05, 0) is 38.3 Å². The first kappa shape index (κ1) is 12.9. The highest BCUT2D eigenvalue weighted by atomic mass is 14.3. The molecule has 0 spiro atoms. The number of hydrogen-bond donors (Lipinski definition) is 0. The topological polar surface area (TPSA) is 0 Å². The van der Waals surface area contributed by atoms with Crippen molar-refractivity contribution in [2.24, 2.45) is 5.41 Å². The molecule has 0 fully saturated rings. The highest BCUT2D eigenvalue weighted by Gasteiger charge is 2.31. The number of hydrogen-bond acceptors (Lipinski definition) is 0. The van der Waals surface area contributed by atoms with Crippen molar-refractivity contribution in [2.75, 3.05) is 0 Å². The summed E-state index contributed by atoms with van der Waals surface area (Å²) in [7, 11) is 0. The molecular formula is C18H22. The van der Waals surface area contributed by atoms with E-state index in [2.05, 4.69) is 76.3 Å². The van der Waals surface area contributed by atoms with E-state index in [0.717, 1.165) is 6.42 Å². The summed E-state index contributed by atoms with van der Waals surface area (Å²) in [6, 6.07) is 8.81. The molecule has 0 bridgehead atoms. The third-order valence-corrected chi connectivity index (χ3v) is 4.09. The molecular weight excluding hydrogens is 216 g/mol. The molecule has 0 saturated heterocycles. The van der Waals surface area contributed by atoms with Gasteiger partial charge in [0.05, 0.1) is 0 Å². The molecule has 1 aromatic carbocycles. The fraction of sp³-hybridized carbons (Fsp3) is 0.333. The Morgan fingerprint density at radius 1 is 1.28 bits per heavy atom. The molecule has 0 nitrogen and oxygen atoms in total. The smallest absolute Gasteiger partial charge is 0.0171 e. The van der Waals surface area contributed by atoms with Crippen LogP contribution in [0.15, 0.2) is 54.1 Å². The van der Waals surface area contributed by atoms with Crippen molar-refractivity contribution in [1.82, 2.24) is 0 Å². The molecule has 2 rings (SSSR count). The van der Waals surface area contributed by atoms with Crippen molar-refractivity contribution >= 4 is 5.57 Å². The second-order valence-electron chi connectivity index (χ2n) is 5.39. The first-order chi connectivity index (χ1) is 8.58. The molecule has 1 aliphatic carbocycles. The van der Waals surface area contributed by atoms with E-state index in [1.165, 1.54) is 22.3 Å². The molecule has 94 valence electrons. The summed E-state index contributed by atoms with van der Waals surface area (Å²) < 4.78 is 0. The normalized spacial score (nSPS) is 24.0. The Morgan fingerprint density at radius 2 is 2.06 bits per heavy atom. The second-order valence-corrected chi connectivity index (χ2v) is 5.39. The zero-order valence-electron chi connectivity index (χ0n) is 11.8. The molecule has 1 atom stereocenters. The molecule has 0 saturated carbocycles. The minimum absolute atomic E-state index is 0.136. The van der Waals surface area contributed by atoms with Gasteiger partial charge in [-0.15, -0.1) is 0 Å². The molecule has 0 amide bonds. The zero-order valence-corrected chi connectivity index (χ0v) is 11.8. The van der Waals surface area contributed by atoms with Crippen LogP contribution in [0, 0.1) is 12.3 Å². The third kappa shape index (κ3) is 2.20. The lowest BCUT2D eigenvalue weighted by Crippen LogP contribution is -2.21. The van der Waals surface area contributed by atoms with Crippen molar-refractivity contribution in [1.29, 1.82) is 0 Å². The third-order valence-electron chi connectivity index (χ3n) is 4.09.